The van der Waals surface area contributed by atoms with Crippen LogP contribution < -0.4 is 15.4 Å². The molecule has 0 saturated heterocycles. The van der Waals surface area contributed by atoms with Gasteiger partial charge in [-0.25, -0.2) is 4.99 Å². The number of nitrogens with one attached hydrogen (secondary N) is 2. The van der Waals surface area contributed by atoms with Crippen LogP contribution in [0.4, 0.5) is 8.78 Å². The van der Waals surface area contributed by atoms with Gasteiger partial charge in [0.1, 0.15) is 5.75 Å². The van der Waals surface area contributed by atoms with Gasteiger partial charge in [-0.3, -0.25) is 4.79 Å². The number of nitrogens with zero attached hydrogens (tertiary/aromatic N) is 1. The van der Waals surface area contributed by atoms with Crippen LogP contribution in [0, 0.1) is 6.92 Å². The minimum atomic E-state index is -2.89. The predicted molar refractivity (Wildman–Crippen MR) is 96.5 cm³/mol. The van der Waals surface area contributed by atoms with E-state index in [0.717, 1.165) is 5.56 Å². The van der Waals surface area contributed by atoms with Crippen molar-refractivity contribution in [2.24, 2.45) is 4.99 Å². The van der Waals surface area contributed by atoms with Crippen LogP contribution in [0.3, 0.4) is 0 Å². The van der Waals surface area contributed by atoms with Crippen molar-refractivity contribution in [3.63, 3.8) is 0 Å². The van der Waals surface area contributed by atoms with Gasteiger partial charge in [0, 0.05) is 18.7 Å². The highest BCUT2D eigenvalue weighted by molar-refractivity contribution is 5.80. The van der Waals surface area contributed by atoms with Crippen molar-refractivity contribution < 1.29 is 23.0 Å². The van der Waals surface area contributed by atoms with Gasteiger partial charge in [0.15, 0.2) is 5.96 Å². The molecule has 0 heterocycles. The number of esters is 1. The fourth-order valence-corrected chi connectivity index (χ4v) is 2.15. The summed E-state index contributed by atoms with van der Waals surface area (Å²) in [4.78, 5) is 15.9. The molecule has 2 N–H and O–H groups in total. The molecule has 1 rings (SSSR count). The molecular weight excluding hydrogens is 344 g/mol. The summed E-state index contributed by atoms with van der Waals surface area (Å²) in [5, 5.41) is 6.06. The fraction of sp³-hybridized carbons (Fsp3) is 0.556. The molecule has 0 spiro atoms. The van der Waals surface area contributed by atoms with Crippen molar-refractivity contribution >= 4 is 11.9 Å². The average molecular weight is 371 g/mol. The van der Waals surface area contributed by atoms with Crippen molar-refractivity contribution in [3.8, 4) is 5.75 Å². The largest absolute Gasteiger partial charge is 0.463 e. The zero-order valence-corrected chi connectivity index (χ0v) is 15.6. The first-order valence-corrected chi connectivity index (χ1v) is 8.57. The van der Waals surface area contributed by atoms with Gasteiger partial charge in [-0.05, 0) is 33.8 Å². The van der Waals surface area contributed by atoms with Crippen LogP contribution in [-0.2, 0) is 16.1 Å². The smallest absolute Gasteiger partial charge is 0.387 e. The Bertz CT molecular complexity index is 607. The first kappa shape index (κ1) is 21.7. The lowest BCUT2D eigenvalue weighted by Gasteiger charge is -2.13. The molecule has 26 heavy (non-hydrogen) atoms. The number of carbonyl (C=O) groups excluding carboxylic acids is 1. The molecule has 0 aliphatic rings. The molecule has 1 aromatic rings. The van der Waals surface area contributed by atoms with Crippen LogP contribution in [0.1, 0.15) is 38.3 Å². The number of guanidine groups is 1. The maximum atomic E-state index is 12.5. The van der Waals surface area contributed by atoms with Crippen LogP contribution in [0.5, 0.6) is 5.75 Å². The van der Waals surface area contributed by atoms with E-state index in [9.17, 15) is 13.6 Å². The number of hydrogen-bond acceptors (Lipinski definition) is 4. The summed E-state index contributed by atoms with van der Waals surface area (Å²) in [5.41, 5.74) is 1.48. The summed E-state index contributed by atoms with van der Waals surface area (Å²) in [6.45, 7) is 5.59. The number of benzene rings is 1. The van der Waals surface area contributed by atoms with Gasteiger partial charge >= 0.3 is 12.6 Å². The van der Waals surface area contributed by atoms with Crippen molar-refractivity contribution in [2.45, 2.75) is 53.4 Å². The zero-order valence-electron chi connectivity index (χ0n) is 15.6. The van der Waals surface area contributed by atoms with E-state index in [1.54, 1.807) is 26.0 Å². The third kappa shape index (κ3) is 8.64. The summed E-state index contributed by atoms with van der Waals surface area (Å²) in [5.74, 6) is 0.287. The Kier molecular flexibility index (Phi) is 9.40. The molecule has 0 aliphatic heterocycles. The number of aryl methyl sites for hydroxylation is 1. The van der Waals surface area contributed by atoms with Crippen LogP contribution in [0.2, 0.25) is 0 Å². The molecule has 1 aromatic carbocycles. The second kappa shape index (κ2) is 11.3. The Hall–Kier alpha value is -2.38. The molecule has 0 aromatic heterocycles. The summed E-state index contributed by atoms with van der Waals surface area (Å²) >= 11 is 0. The Morgan fingerprint density at radius 2 is 2.00 bits per heavy atom. The van der Waals surface area contributed by atoms with Crippen LogP contribution in [-0.4, -0.2) is 37.7 Å². The Balaban J connectivity index is 2.71. The number of aliphatic imine (C=N–C) groups is 1. The lowest BCUT2D eigenvalue weighted by atomic mass is 10.1. The Morgan fingerprint density at radius 1 is 1.27 bits per heavy atom. The van der Waals surface area contributed by atoms with Gasteiger partial charge in [0.25, 0.3) is 0 Å². The molecule has 0 unspecified atom stereocenters. The molecular formula is C18H27F2N3O3. The minimum absolute atomic E-state index is 0.103. The molecule has 8 heteroatoms. The Labute approximate surface area is 153 Å². The number of ether oxygens (including phenoxy) is 2. The lowest BCUT2D eigenvalue weighted by Crippen LogP contribution is -2.38. The quantitative estimate of drug-likeness (QED) is 0.397. The molecule has 0 radical (unpaired) electrons. The van der Waals surface area contributed by atoms with Crippen LogP contribution in [0.25, 0.3) is 0 Å². The standard InChI is InChI=1S/C18H27F2N3O3/c1-5-21-18(22-9-8-16(24)25-12(2)3)23-11-14-10-13(4)6-7-15(14)26-17(19)20/h6-7,10,12,17H,5,8-9,11H2,1-4H3,(H2,21,22,23). The number of hydrogen-bond donors (Lipinski definition) is 2. The number of halogens is 2. The molecule has 0 atom stereocenters. The highest BCUT2D eigenvalue weighted by Gasteiger charge is 2.10. The summed E-state index contributed by atoms with van der Waals surface area (Å²) < 4.78 is 34.7. The Morgan fingerprint density at radius 3 is 2.62 bits per heavy atom. The molecule has 6 nitrogen and oxygen atoms in total. The van der Waals surface area contributed by atoms with E-state index < -0.39 is 6.61 Å². The lowest BCUT2D eigenvalue weighted by molar-refractivity contribution is -0.147. The first-order valence-electron chi connectivity index (χ1n) is 8.57. The van der Waals surface area contributed by atoms with Crippen LogP contribution in [0.15, 0.2) is 23.2 Å². The SMILES string of the molecule is CCNC(=NCc1cc(C)ccc1OC(F)F)NCCC(=O)OC(C)C. The summed E-state index contributed by atoms with van der Waals surface area (Å²) in [6.07, 6.45) is 0.0475. The second-order valence-electron chi connectivity index (χ2n) is 5.90. The average Bonchev–Trinajstić information content (AvgIpc) is 2.53. The van der Waals surface area contributed by atoms with E-state index in [-0.39, 0.29) is 30.8 Å². The van der Waals surface area contributed by atoms with Crippen molar-refractivity contribution in [1.29, 1.82) is 0 Å². The molecule has 0 saturated carbocycles. The summed E-state index contributed by atoms with van der Waals surface area (Å²) in [7, 11) is 0. The zero-order chi connectivity index (χ0) is 19.5. The molecule has 0 aliphatic carbocycles. The molecule has 146 valence electrons. The van der Waals surface area contributed by atoms with Gasteiger partial charge in [0.2, 0.25) is 0 Å². The van der Waals surface area contributed by atoms with Gasteiger partial charge < -0.3 is 20.1 Å². The molecule has 0 fully saturated rings. The topological polar surface area (TPSA) is 72.0 Å². The van der Waals surface area contributed by atoms with E-state index in [4.69, 9.17) is 4.74 Å². The fourth-order valence-electron chi connectivity index (χ4n) is 2.15. The van der Waals surface area contributed by atoms with E-state index in [1.165, 1.54) is 6.07 Å². The normalized spacial score (nSPS) is 11.6. The highest BCUT2D eigenvalue weighted by Crippen LogP contribution is 2.22. The first-order chi connectivity index (χ1) is 12.3. The van der Waals surface area contributed by atoms with Crippen molar-refractivity contribution in [1.82, 2.24) is 10.6 Å². The van der Waals surface area contributed by atoms with E-state index in [1.807, 2.05) is 13.8 Å². The highest BCUT2D eigenvalue weighted by atomic mass is 19.3. The van der Waals surface area contributed by atoms with E-state index in [2.05, 4.69) is 20.4 Å². The van der Waals surface area contributed by atoms with Crippen LogP contribution >= 0.6 is 0 Å². The maximum absolute atomic E-state index is 12.5. The van der Waals surface area contributed by atoms with Gasteiger partial charge in [-0.2, -0.15) is 8.78 Å². The van der Waals surface area contributed by atoms with E-state index in [0.29, 0.717) is 24.6 Å². The number of carbonyl (C=O) groups is 1. The van der Waals surface area contributed by atoms with Crippen molar-refractivity contribution in [2.75, 3.05) is 13.1 Å². The van der Waals surface area contributed by atoms with Gasteiger partial charge in [-0.15, -0.1) is 0 Å². The minimum Gasteiger partial charge on any atom is -0.463 e. The summed E-state index contributed by atoms with van der Waals surface area (Å²) in [6, 6.07) is 4.97. The van der Waals surface area contributed by atoms with Gasteiger partial charge in [0.05, 0.1) is 19.1 Å². The third-order valence-electron chi connectivity index (χ3n) is 3.17. The van der Waals surface area contributed by atoms with Gasteiger partial charge in [-0.1, -0.05) is 17.7 Å². The third-order valence-corrected chi connectivity index (χ3v) is 3.17. The van der Waals surface area contributed by atoms with E-state index >= 15 is 0 Å². The number of alkyl halides is 2. The molecule has 0 bridgehead atoms. The maximum Gasteiger partial charge on any atom is 0.387 e. The van der Waals surface area contributed by atoms with Crippen molar-refractivity contribution in [3.05, 3.63) is 29.3 Å². The second-order valence-corrected chi connectivity index (χ2v) is 5.90. The monoisotopic (exact) mass is 371 g/mol. The molecule has 0 amide bonds. The predicted octanol–water partition coefficient (Wildman–Crippen LogP) is 2.99. The number of rotatable bonds is 9.